The lowest BCUT2D eigenvalue weighted by Crippen LogP contribution is -2.48. The van der Waals surface area contributed by atoms with Crippen molar-refractivity contribution in [1.29, 1.82) is 0 Å². The molecular formula is C19H16F3N5O2. The van der Waals surface area contributed by atoms with Gasteiger partial charge in [-0.15, -0.1) is 0 Å². The van der Waals surface area contributed by atoms with Gasteiger partial charge in [0, 0.05) is 36.7 Å². The Morgan fingerprint density at radius 2 is 2.07 bits per heavy atom. The molecule has 4 rings (SSSR count). The SMILES string of the molecule is O=C(CN1CC(c2nc(-c3cccnc3)no2)C1)Nc1cccc(C(F)(F)F)c1. The summed E-state index contributed by atoms with van der Waals surface area (Å²) in [6, 6.07) is 8.15. The molecule has 0 bridgehead atoms. The molecule has 0 saturated carbocycles. The Morgan fingerprint density at radius 1 is 1.24 bits per heavy atom. The van der Waals surface area contributed by atoms with Gasteiger partial charge in [0.15, 0.2) is 0 Å². The maximum atomic E-state index is 12.7. The van der Waals surface area contributed by atoms with E-state index >= 15 is 0 Å². The van der Waals surface area contributed by atoms with Gasteiger partial charge in [-0.1, -0.05) is 11.2 Å². The molecule has 2 aromatic heterocycles. The molecule has 0 spiro atoms. The van der Waals surface area contributed by atoms with Gasteiger partial charge in [0.2, 0.25) is 17.6 Å². The number of rotatable bonds is 5. The van der Waals surface area contributed by atoms with E-state index < -0.39 is 11.7 Å². The largest absolute Gasteiger partial charge is 0.416 e. The second-order valence-corrected chi connectivity index (χ2v) is 6.72. The molecule has 0 atom stereocenters. The molecule has 7 nitrogen and oxygen atoms in total. The van der Waals surface area contributed by atoms with Gasteiger partial charge in [-0.2, -0.15) is 18.2 Å². The van der Waals surface area contributed by atoms with E-state index in [1.54, 1.807) is 18.5 Å². The third-order valence-corrected chi connectivity index (χ3v) is 4.51. The second-order valence-electron chi connectivity index (χ2n) is 6.72. The minimum absolute atomic E-state index is 0.00859. The Kier molecular flexibility index (Phi) is 5.01. The summed E-state index contributed by atoms with van der Waals surface area (Å²) in [7, 11) is 0. The van der Waals surface area contributed by atoms with Gasteiger partial charge in [0.1, 0.15) is 0 Å². The van der Waals surface area contributed by atoms with Crippen molar-refractivity contribution in [2.45, 2.75) is 12.1 Å². The number of alkyl halides is 3. The number of nitrogens with one attached hydrogen (secondary N) is 1. The molecule has 0 aliphatic carbocycles. The summed E-state index contributed by atoms with van der Waals surface area (Å²) in [5.41, 5.74) is 0.0548. The van der Waals surface area contributed by atoms with Crippen LogP contribution in [0.5, 0.6) is 0 Å². The van der Waals surface area contributed by atoms with Crippen LogP contribution in [0, 0.1) is 0 Å². The van der Waals surface area contributed by atoms with Crippen molar-refractivity contribution in [1.82, 2.24) is 20.0 Å². The quantitative estimate of drug-likeness (QED) is 0.705. The Labute approximate surface area is 163 Å². The Hall–Kier alpha value is -3.27. The van der Waals surface area contributed by atoms with Gasteiger partial charge in [-0.3, -0.25) is 14.7 Å². The molecule has 1 fully saturated rings. The number of pyridine rings is 1. The molecule has 0 radical (unpaired) electrons. The zero-order valence-corrected chi connectivity index (χ0v) is 15.1. The zero-order valence-electron chi connectivity index (χ0n) is 15.1. The fourth-order valence-electron chi connectivity index (χ4n) is 3.05. The number of hydrogen-bond donors (Lipinski definition) is 1. The number of nitrogens with zero attached hydrogens (tertiary/aromatic N) is 4. The number of likely N-dealkylation sites (tertiary alicyclic amines) is 1. The molecular weight excluding hydrogens is 387 g/mol. The van der Waals surface area contributed by atoms with Crippen molar-refractivity contribution in [2.75, 3.05) is 25.0 Å². The molecule has 3 aromatic rings. The van der Waals surface area contributed by atoms with Gasteiger partial charge in [-0.05, 0) is 30.3 Å². The molecule has 1 aromatic carbocycles. The highest BCUT2D eigenvalue weighted by Crippen LogP contribution is 2.31. The normalized spacial score (nSPS) is 15.1. The predicted octanol–water partition coefficient (Wildman–Crippen LogP) is 3.19. The summed E-state index contributed by atoms with van der Waals surface area (Å²) in [6.07, 6.45) is -1.16. The number of benzene rings is 1. The van der Waals surface area contributed by atoms with Crippen LogP contribution in [0.15, 0.2) is 53.3 Å². The molecule has 10 heteroatoms. The van der Waals surface area contributed by atoms with Gasteiger partial charge in [-0.25, -0.2) is 0 Å². The summed E-state index contributed by atoms with van der Waals surface area (Å²) in [6.45, 7) is 1.16. The molecule has 150 valence electrons. The summed E-state index contributed by atoms with van der Waals surface area (Å²) in [4.78, 5) is 22.3. The van der Waals surface area contributed by atoms with E-state index in [9.17, 15) is 18.0 Å². The van der Waals surface area contributed by atoms with E-state index in [0.29, 0.717) is 24.8 Å². The average molecular weight is 403 g/mol. The first-order chi connectivity index (χ1) is 13.9. The third kappa shape index (κ3) is 4.43. The maximum Gasteiger partial charge on any atom is 0.416 e. The minimum atomic E-state index is -4.45. The molecule has 3 heterocycles. The van der Waals surface area contributed by atoms with Crippen LogP contribution >= 0.6 is 0 Å². The first-order valence-corrected chi connectivity index (χ1v) is 8.82. The van der Waals surface area contributed by atoms with Crippen molar-refractivity contribution >= 4 is 11.6 Å². The van der Waals surface area contributed by atoms with Gasteiger partial charge >= 0.3 is 6.18 Å². The highest BCUT2D eigenvalue weighted by Gasteiger charge is 2.34. The van der Waals surface area contributed by atoms with Gasteiger partial charge in [0.05, 0.1) is 18.0 Å². The Bertz CT molecular complexity index is 1000. The molecule has 1 saturated heterocycles. The summed E-state index contributed by atoms with van der Waals surface area (Å²) in [5, 5.41) is 6.44. The number of hydrogen-bond acceptors (Lipinski definition) is 6. The average Bonchev–Trinajstić information content (AvgIpc) is 3.14. The second kappa shape index (κ2) is 7.63. The van der Waals surface area contributed by atoms with Gasteiger partial charge < -0.3 is 9.84 Å². The van der Waals surface area contributed by atoms with E-state index in [1.807, 2.05) is 11.0 Å². The van der Waals surface area contributed by atoms with E-state index in [1.165, 1.54) is 12.1 Å². The predicted molar refractivity (Wildman–Crippen MR) is 96.8 cm³/mol. The van der Waals surface area contributed by atoms with E-state index in [0.717, 1.165) is 17.7 Å². The van der Waals surface area contributed by atoms with Crippen molar-refractivity contribution < 1.29 is 22.5 Å². The fraction of sp³-hybridized carbons (Fsp3) is 0.263. The van der Waals surface area contributed by atoms with E-state index in [2.05, 4.69) is 20.4 Å². The highest BCUT2D eigenvalue weighted by atomic mass is 19.4. The van der Waals surface area contributed by atoms with Crippen LogP contribution < -0.4 is 5.32 Å². The number of aromatic nitrogens is 3. The summed E-state index contributed by atoms with van der Waals surface area (Å²) < 4.78 is 43.5. The number of anilines is 1. The van der Waals surface area contributed by atoms with Crippen LogP contribution in [0.1, 0.15) is 17.4 Å². The van der Waals surface area contributed by atoms with Crippen LogP contribution in [0.3, 0.4) is 0 Å². The number of amides is 1. The lowest BCUT2D eigenvalue weighted by atomic mass is 10.0. The standard InChI is InChI=1S/C19H16F3N5O2/c20-19(21,22)14-4-1-5-15(7-14)24-16(28)11-27-9-13(10-27)18-25-17(26-29-18)12-3-2-6-23-8-12/h1-8,13H,9-11H2,(H,24,28). The van der Waals surface area contributed by atoms with Crippen molar-refractivity contribution in [3.63, 3.8) is 0 Å². The molecule has 1 aliphatic heterocycles. The van der Waals surface area contributed by atoms with Crippen LogP contribution in [0.4, 0.5) is 18.9 Å². The Balaban J connectivity index is 1.29. The van der Waals surface area contributed by atoms with Gasteiger partial charge in [0.25, 0.3) is 0 Å². The fourth-order valence-corrected chi connectivity index (χ4v) is 3.05. The number of carbonyl (C=O) groups excluding carboxylic acids is 1. The summed E-state index contributed by atoms with van der Waals surface area (Å²) in [5.74, 6) is 0.561. The third-order valence-electron chi connectivity index (χ3n) is 4.51. The van der Waals surface area contributed by atoms with Crippen LogP contribution in [0.2, 0.25) is 0 Å². The number of halogens is 3. The van der Waals surface area contributed by atoms with Crippen molar-refractivity contribution in [3.8, 4) is 11.4 Å². The smallest absolute Gasteiger partial charge is 0.339 e. The molecule has 1 aliphatic rings. The first kappa shape index (κ1) is 19.1. The van der Waals surface area contributed by atoms with E-state index in [-0.39, 0.29) is 24.1 Å². The minimum Gasteiger partial charge on any atom is -0.339 e. The Morgan fingerprint density at radius 3 is 2.79 bits per heavy atom. The van der Waals surface area contributed by atoms with Crippen LogP contribution in [-0.2, 0) is 11.0 Å². The molecule has 1 N–H and O–H groups in total. The topological polar surface area (TPSA) is 84.2 Å². The lowest BCUT2D eigenvalue weighted by Gasteiger charge is -2.36. The lowest BCUT2D eigenvalue weighted by molar-refractivity contribution is -0.137. The maximum absolute atomic E-state index is 12.7. The zero-order chi connectivity index (χ0) is 20.4. The van der Waals surface area contributed by atoms with E-state index in [4.69, 9.17) is 4.52 Å². The molecule has 0 unspecified atom stereocenters. The van der Waals surface area contributed by atoms with Crippen LogP contribution in [-0.4, -0.2) is 45.6 Å². The molecule has 29 heavy (non-hydrogen) atoms. The van der Waals surface area contributed by atoms with Crippen LogP contribution in [0.25, 0.3) is 11.4 Å². The monoisotopic (exact) mass is 403 g/mol. The molecule has 1 amide bonds. The highest BCUT2D eigenvalue weighted by molar-refractivity contribution is 5.92. The van der Waals surface area contributed by atoms with Crippen molar-refractivity contribution in [2.24, 2.45) is 0 Å². The number of carbonyl (C=O) groups is 1. The first-order valence-electron chi connectivity index (χ1n) is 8.82. The summed E-state index contributed by atoms with van der Waals surface area (Å²) >= 11 is 0. The van der Waals surface area contributed by atoms with Crippen molar-refractivity contribution in [3.05, 3.63) is 60.2 Å².